The van der Waals surface area contributed by atoms with Crippen molar-refractivity contribution in [1.82, 2.24) is 10.3 Å². The molecule has 1 amide bonds. The van der Waals surface area contributed by atoms with Crippen molar-refractivity contribution in [3.05, 3.63) is 70.0 Å². The fourth-order valence-electron chi connectivity index (χ4n) is 5.71. The number of aromatic nitrogens is 1. The Balaban J connectivity index is 0.989. The summed E-state index contributed by atoms with van der Waals surface area (Å²) in [5, 5.41) is 3.42. The Hall–Kier alpha value is -4.14. The van der Waals surface area contributed by atoms with Crippen LogP contribution in [0.3, 0.4) is 0 Å². The van der Waals surface area contributed by atoms with E-state index in [1.807, 2.05) is 0 Å². The number of nitrogens with one attached hydrogen (secondary N) is 2. The van der Waals surface area contributed by atoms with Gasteiger partial charge in [-0.3, -0.25) is 9.59 Å². The molecule has 1 fully saturated rings. The van der Waals surface area contributed by atoms with Gasteiger partial charge in [-0.1, -0.05) is 30.3 Å². The quantitative estimate of drug-likeness (QED) is 0.0795. The van der Waals surface area contributed by atoms with Crippen molar-refractivity contribution >= 4 is 22.8 Å². The first-order valence-corrected chi connectivity index (χ1v) is 18.6. The Morgan fingerprint density at radius 2 is 1.21 bits per heavy atom. The molecule has 4 rings (SSSR count). The number of halogens is 3. The molecule has 0 bridgehead atoms. The van der Waals surface area contributed by atoms with Crippen LogP contribution in [0.2, 0.25) is 0 Å². The predicted molar refractivity (Wildman–Crippen MR) is 199 cm³/mol. The maximum Gasteiger partial charge on any atom is 0.508 e. The SMILES string of the molecule is COCCOCCOCCOCCOCCOCCOCCOCCOC(=O)OCC1C[C@@H](c2ccc3cc(-c4ccccc4C(F)(F)F)[nH]c(=O)c3c2)C(=O)N1. The largest absolute Gasteiger partial charge is 0.508 e. The zero-order valence-electron chi connectivity index (χ0n) is 31.9. The second kappa shape index (κ2) is 25.3. The van der Waals surface area contributed by atoms with Crippen LogP contribution >= 0.6 is 0 Å². The van der Waals surface area contributed by atoms with Crippen LogP contribution in [0.5, 0.6) is 0 Å². The molecule has 1 saturated heterocycles. The highest BCUT2D eigenvalue weighted by atomic mass is 19.4. The van der Waals surface area contributed by atoms with Crippen LogP contribution in [0.1, 0.15) is 23.5 Å². The van der Waals surface area contributed by atoms with Crippen molar-refractivity contribution in [1.29, 1.82) is 0 Å². The Kier molecular flexibility index (Phi) is 20.2. The molecule has 0 aliphatic carbocycles. The van der Waals surface area contributed by atoms with Gasteiger partial charge in [0.05, 0.1) is 117 Å². The Labute approximate surface area is 328 Å². The van der Waals surface area contributed by atoms with Crippen LogP contribution in [-0.2, 0) is 58.3 Å². The van der Waals surface area contributed by atoms with Gasteiger partial charge in [0.25, 0.3) is 5.56 Å². The molecule has 0 spiro atoms. The van der Waals surface area contributed by atoms with Gasteiger partial charge in [-0.15, -0.1) is 0 Å². The first-order valence-electron chi connectivity index (χ1n) is 18.6. The Morgan fingerprint density at radius 3 is 1.75 bits per heavy atom. The number of pyridine rings is 1. The van der Waals surface area contributed by atoms with Crippen LogP contribution in [0.4, 0.5) is 18.0 Å². The smallest absolute Gasteiger partial charge is 0.432 e. The average molecular weight is 813 g/mol. The number of hydrogen-bond donors (Lipinski definition) is 2. The number of fused-ring (bicyclic) bond motifs is 1. The van der Waals surface area contributed by atoms with Gasteiger partial charge in [-0.25, -0.2) is 4.79 Å². The number of ether oxygens (including phenoxy) is 10. The molecule has 2 atom stereocenters. The van der Waals surface area contributed by atoms with Gasteiger partial charge in [0.15, 0.2) is 0 Å². The molecule has 3 aromatic rings. The molecule has 316 valence electrons. The number of hydrogen-bond acceptors (Lipinski definition) is 13. The Bertz CT molecular complexity index is 1710. The summed E-state index contributed by atoms with van der Waals surface area (Å²) in [7, 11) is 1.62. The summed E-state index contributed by atoms with van der Waals surface area (Å²) < 4.78 is 93.6. The lowest BCUT2D eigenvalue weighted by Gasteiger charge is -2.14. The van der Waals surface area contributed by atoms with Gasteiger partial charge in [-0.2, -0.15) is 13.2 Å². The van der Waals surface area contributed by atoms with E-state index >= 15 is 0 Å². The zero-order valence-corrected chi connectivity index (χ0v) is 31.9. The molecule has 1 aromatic heterocycles. The summed E-state index contributed by atoms with van der Waals surface area (Å²) in [6.45, 7) is 6.29. The number of methoxy groups -OCH3 is 1. The minimum absolute atomic E-state index is 0.0288. The molecule has 15 nitrogen and oxygen atoms in total. The number of aromatic amines is 1. The highest BCUT2D eigenvalue weighted by Gasteiger charge is 2.35. The second-order valence-corrected chi connectivity index (χ2v) is 12.6. The van der Waals surface area contributed by atoms with Gasteiger partial charge in [-0.05, 0) is 35.6 Å². The third kappa shape index (κ3) is 16.3. The number of H-pyrrole nitrogens is 1. The fraction of sp³-hybridized carbons (Fsp3) is 0.564. The molecule has 2 aromatic carbocycles. The second-order valence-electron chi connectivity index (χ2n) is 12.6. The minimum atomic E-state index is -4.60. The monoisotopic (exact) mass is 812 g/mol. The van der Waals surface area contributed by atoms with E-state index in [0.29, 0.717) is 96.8 Å². The maximum atomic E-state index is 13.6. The fourth-order valence-corrected chi connectivity index (χ4v) is 5.71. The molecular weight excluding hydrogens is 761 g/mol. The number of benzene rings is 2. The third-order valence-corrected chi connectivity index (χ3v) is 8.49. The van der Waals surface area contributed by atoms with Crippen molar-refractivity contribution in [3.8, 4) is 11.3 Å². The van der Waals surface area contributed by atoms with Gasteiger partial charge in [0.1, 0.15) is 13.2 Å². The highest BCUT2D eigenvalue weighted by molar-refractivity contribution is 5.90. The zero-order chi connectivity index (χ0) is 40.7. The van der Waals surface area contributed by atoms with Crippen LogP contribution in [0, 0.1) is 0 Å². The van der Waals surface area contributed by atoms with Gasteiger partial charge in [0, 0.05) is 23.8 Å². The van der Waals surface area contributed by atoms with Crippen molar-refractivity contribution in [2.24, 2.45) is 0 Å². The molecule has 57 heavy (non-hydrogen) atoms. The summed E-state index contributed by atoms with van der Waals surface area (Å²) in [6.07, 6.45) is -5.23. The minimum Gasteiger partial charge on any atom is -0.432 e. The summed E-state index contributed by atoms with van der Waals surface area (Å²) in [5.41, 5.74) is -1.02. The molecule has 18 heteroatoms. The third-order valence-electron chi connectivity index (χ3n) is 8.49. The Morgan fingerprint density at radius 1 is 0.684 bits per heavy atom. The molecule has 0 radical (unpaired) electrons. The van der Waals surface area contributed by atoms with Crippen LogP contribution in [0.15, 0.2) is 53.3 Å². The van der Waals surface area contributed by atoms with Gasteiger partial charge >= 0.3 is 12.3 Å². The topological polar surface area (TPSA) is 171 Å². The lowest BCUT2D eigenvalue weighted by molar-refractivity contribution is -0.137. The molecule has 1 aliphatic heterocycles. The van der Waals surface area contributed by atoms with E-state index in [9.17, 15) is 27.6 Å². The van der Waals surface area contributed by atoms with Gasteiger partial charge in [0.2, 0.25) is 5.91 Å². The van der Waals surface area contributed by atoms with Crippen molar-refractivity contribution in [3.63, 3.8) is 0 Å². The van der Waals surface area contributed by atoms with E-state index in [1.165, 1.54) is 24.3 Å². The maximum absolute atomic E-state index is 13.6. The average Bonchev–Trinajstić information content (AvgIpc) is 3.58. The van der Waals surface area contributed by atoms with Crippen LogP contribution < -0.4 is 10.9 Å². The molecule has 0 saturated carbocycles. The molecule has 1 aliphatic rings. The number of amides is 1. The molecule has 2 N–H and O–H groups in total. The number of carbonyl (C=O) groups is 2. The number of rotatable bonds is 28. The van der Waals surface area contributed by atoms with Crippen LogP contribution in [-0.4, -0.2) is 143 Å². The van der Waals surface area contributed by atoms with E-state index in [-0.39, 0.29) is 55.4 Å². The summed E-state index contributed by atoms with van der Waals surface area (Å²) in [6, 6.07) is 10.8. The molecule has 2 heterocycles. The van der Waals surface area contributed by atoms with E-state index < -0.39 is 35.4 Å². The first kappa shape index (κ1) is 45.6. The summed E-state index contributed by atoms with van der Waals surface area (Å²) in [4.78, 5) is 40.4. The summed E-state index contributed by atoms with van der Waals surface area (Å²) >= 11 is 0. The molecular formula is C39H51F3N2O13. The van der Waals surface area contributed by atoms with Crippen molar-refractivity contribution in [2.75, 3.05) is 119 Å². The lowest BCUT2D eigenvalue weighted by atomic mass is 9.93. The highest BCUT2D eigenvalue weighted by Crippen LogP contribution is 2.37. The van der Waals surface area contributed by atoms with E-state index in [4.69, 9.17) is 47.4 Å². The lowest BCUT2D eigenvalue weighted by Crippen LogP contribution is -2.31. The molecule has 1 unspecified atom stereocenters. The normalized spacial score (nSPS) is 15.6. The standard InChI is InChI=1S/C39H51F3N2O13/c1-48-8-9-49-10-11-50-12-13-51-14-15-52-16-17-53-18-19-54-20-21-55-22-23-56-38(47)57-27-30-26-33(36(45)43-30)28-6-7-29-25-35(44-37(46)32(29)24-28)31-4-2-3-5-34(31)39(40,41)42/h2-7,24-25,30,33H,8-23,26-27H2,1H3,(H,43,45)(H,44,46)/t30?,33-/m0/s1. The predicted octanol–water partition coefficient (Wildman–Crippen LogP) is 4.10. The van der Waals surface area contributed by atoms with Crippen molar-refractivity contribution < 1.29 is 70.1 Å². The number of alkyl halides is 3. The number of carbonyl (C=O) groups excluding carboxylic acids is 2. The summed E-state index contributed by atoms with van der Waals surface area (Å²) in [5.74, 6) is -0.942. The van der Waals surface area contributed by atoms with E-state index in [0.717, 1.165) is 6.07 Å². The van der Waals surface area contributed by atoms with Crippen LogP contribution in [0.25, 0.3) is 22.0 Å². The first-order chi connectivity index (χ1) is 27.7. The van der Waals surface area contributed by atoms with E-state index in [2.05, 4.69) is 10.3 Å². The van der Waals surface area contributed by atoms with E-state index in [1.54, 1.807) is 25.3 Å². The van der Waals surface area contributed by atoms with Crippen molar-refractivity contribution in [2.45, 2.75) is 24.6 Å². The van der Waals surface area contributed by atoms with Gasteiger partial charge < -0.3 is 57.7 Å².